The number of hydrogen-bond donors (Lipinski definition) is 1. The Morgan fingerprint density at radius 3 is 2.61 bits per heavy atom. The van der Waals surface area contributed by atoms with Gasteiger partial charge in [0.05, 0.1) is 25.3 Å². The molecule has 1 aliphatic carbocycles. The number of aliphatic hydroxyl groups excluding tert-OH is 1. The summed E-state index contributed by atoms with van der Waals surface area (Å²) in [5, 5.41) is 11.8. The van der Waals surface area contributed by atoms with Crippen LogP contribution in [0.2, 0.25) is 0 Å². The summed E-state index contributed by atoms with van der Waals surface area (Å²) in [6.45, 7) is 3.07. The molecule has 0 bridgehead atoms. The zero-order valence-corrected chi connectivity index (χ0v) is 19.2. The Morgan fingerprint density at radius 1 is 1.18 bits per heavy atom. The van der Waals surface area contributed by atoms with Crippen molar-refractivity contribution in [2.45, 2.75) is 30.8 Å². The molecule has 1 N–H and O–H groups in total. The smallest absolute Gasteiger partial charge is 0.225 e. The topological polar surface area (TPSA) is 70.8 Å². The number of likely N-dealkylation sites (tertiary alicyclic amines) is 1. The van der Waals surface area contributed by atoms with E-state index >= 15 is 0 Å². The number of benzene rings is 1. The summed E-state index contributed by atoms with van der Waals surface area (Å²) >= 11 is 0. The molecule has 2 aromatic heterocycles. The Hall–Kier alpha value is -2.90. The van der Waals surface area contributed by atoms with E-state index < -0.39 is 0 Å². The van der Waals surface area contributed by atoms with Crippen LogP contribution >= 0.6 is 0 Å². The molecular formula is C26H30N4O3. The minimum Gasteiger partial charge on any atom is -0.497 e. The summed E-state index contributed by atoms with van der Waals surface area (Å²) in [5.74, 6) is 1.37. The van der Waals surface area contributed by atoms with E-state index in [1.165, 1.54) is 16.5 Å². The van der Waals surface area contributed by atoms with Crippen LogP contribution in [0.3, 0.4) is 0 Å². The molecule has 33 heavy (non-hydrogen) atoms. The molecule has 1 spiro atoms. The van der Waals surface area contributed by atoms with Crippen LogP contribution in [0.4, 0.5) is 0 Å². The zero-order valence-electron chi connectivity index (χ0n) is 19.2. The van der Waals surface area contributed by atoms with Gasteiger partial charge in [0.15, 0.2) is 0 Å². The second-order valence-electron chi connectivity index (χ2n) is 9.91. The molecule has 6 rings (SSSR count). The average Bonchev–Trinajstić information content (AvgIpc) is 3.62. The van der Waals surface area contributed by atoms with E-state index in [4.69, 9.17) is 4.74 Å². The molecule has 2 aliphatic heterocycles. The number of ether oxygens (including phenoxy) is 1. The van der Waals surface area contributed by atoms with Gasteiger partial charge in [-0.3, -0.25) is 14.7 Å². The average molecular weight is 447 g/mol. The van der Waals surface area contributed by atoms with Gasteiger partial charge in [0, 0.05) is 74.1 Å². The Labute approximate surface area is 193 Å². The zero-order chi connectivity index (χ0) is 22.7. The van der Waals surface area contributed by atoms with Gasteiger partial charge >= 0.3 is 0 Å². The molecule has 1 amide bonds. The molecule has 3 aromatic rings. The molecule has 1 atom stereocenters. The van der Waals surface area contributed by atoms with Crippen molar-refractivity contribution in [2.75, 3.05) is 33.4 Å². The molecule has 3 aliphatic rings. The summed E-state index contributed by atoms with van der Waals surface area (Å²) in [4.78, 5) is 21.4. The van der Waals surface area contributed by atoms with Crippen LogP contribution in [0.15, 0.2) is 42.7 Å². The Morgan fingerprint density at radius 2 is 1.94 bits per heavy atom. The fourth-order valence-corrected chi connectivity index (χ4v) is 6.04. The normalized spacial score (nSPS) is 21.8. The number of nitrogens with zero attached hydrogens (tertiary/aromatic N) is 4. The molecule has 0 radical (unpaired) electrons. The summed E-state index contributed by atoms with van der Waals surface area (Å²) < 4.78 is 7.73. The highest BCUT2D eigenvalue weighted by Gasteiger charge is 2.55. The van der Waals surface area contributed by atoms with Crippen LogP contribution < -0.4 is 4.74 Å². The van der Waals surface area contributed by atoms with Gasteiger partial charge in [-0.05, 0) is 48.2 Å². The summed E-state index contributed by atoms with van der Waals surface area (Å²) in [6.07, 6.45) is 5.69. The van der Waals surface area contributed by atoms with E-state index in [9.17, 15) is 9.90 Å². The quantitative estimate of drug-likeness (QED) is 0.653. The van der Waals surface area contributed by atoms with Crippen LogP contribution in [0.1, 0.15) is 35.7 Å². The Balaban J connectivity index is 1.47. The predicted molar refractivity (Wildman–Crippen MR) is 125 cm³/mol. The van der Waals surface area contributed by atoms with Crippen LogP contribution in [-0.2, 0) is 23.8 Å². The monoisotopic (exact) mass is 446 g/mol. The van der Waals surface area contributed by atoms with Gasteiger partial charge in [-0.1, -0.05) is 0 Å². The number of hydrogen-bond acceptors (Lipinski definition) is 5. The second-order valence-corrected chi connectivity index (χ2v) is 9.91. The van der Waals surface area contributed by atoms with E-state index in [0.29, 0.717) is 5.91 Å². The molecule has 1 aromatic carbocycles. The molecule has 0 unspecified atom stereocenters. The maximum absolute atomic E-state index is 12.8. The molecule has 2 fully saturated rings. The number of pyridine rings is 1. The number of methoxy groups -OCH3 is 1. The first-order valence-corrected chi connectivity index (χ1v) is 11.7. The highest BCUT2D eigenvalue weighted by Crippen LogP contribution is 2.50. The molecule has 172 valence electrons. The van der Waals surface area contributed by atoms with Crippen LogP contribution in [-0.4, -0.2) is 63.7 Å². The van der Waals surface area contributed by atoms with Gasteiger partial charge in [0.2, 0.25) is 5.91 Å². The Bertz CT molecular complexity index is 1210. The standard InChI is InChI=1S/C26H30N4O3/c1-28-21-11-19(33-2)5-6-20(21)23-24(28)22(13-31)29(12-17-7-9-27-10-8-17)14-26(23)15-30(16-26)25(32)18-3-4-18/h5-11,18,22,31H,3-4,12-16H2,1-2H3/t22-/m0/s1. The lowest BCUT2D eigenvalue weighted by Crippen LogP contribution is -2.67. The molecule has 1 saturated carbocycles. The summed E-state index contributed by atoms with van der Waals surface area (Å²) in [6, 6.07) is 10.2. The van der Waals surface area contributed by atoms with Crippen molar-refractivity contribution in [3.8, 4) is 5.75 Å². The number of amides is 1. The first kappa shape index (κ1) is 20.7. The molecule has 7 heteroatoms. The molecule has 4 heterocycles. The van der Waals surface area contributed by atoms with E-state index in [2.05, 4.69) is 33.6 Å². The second kappa shape index (κ2) is 7.57. The van der Waals surface area contributed by atoms with Gasteiger partial charge in [-0.15, -0.1) is 0 Å². The highest BCUT2D eigenvalue weighted by atomic mass is 16.5. The molecular weight excluding hydrogens is 416 g/mol. The first-order chi connectivity index (χ1) is 16.0. The van der Waals surface area contributed by atoms with Crippen molar-refractivity contribution in [3.05, 3.63) is 59.5 Å². The largest absolute Gasteiger partial charge is 0.497 e. The molecule has 7 nitrogen and oxygen atoms in total. The van der Waals surface area contributed by atoms with Crippen molar-refractivity contribution in [3.63, 3.8) is 0 Å². The van der Waals surface area contributed by atoms with Crippen molar-refractivity contribution in [1.29, 1.82) is 0 Å². The first-order valence-electron chi connectivity index (χ1n) is 11.7. The van der Waals surface area contributed by atoms with Crippen molar-refractivity contribution < 1.29 is 14.6 Å². The van der Waals surface area contributed by atoms with E-state index in [-0.39, 0.29) is 24.0 Å². The van der Waals surface area contributed by atoms with Crippen LogP contribution in [0, 0.1) is 5.92 Å². The fourth-order valence-electron chi connectivity index (χ4n) is 6.04. The lowest BCUT2D eigenvalue weighted by Gasteiger charge is -2.56. The van der Waals surface area contributed by atoms with E-state index in [1.54, 1.807) is 7.11 Å². The van der Waals surface area contributed by atoms with Crippen molar-refractivity contribution >= 4 is 16.8 Å². The fraction of sp³-hybridized carbons (Fsp3) is 0.462. The number of aryl methyl sites for hydroxylation is 1. The number of aliphatic hydroxyl groups is 1. The lowest BCUT2D eigenvalue weighted by atomic mass is 9.68. The van der Waals surface area contributed by atoms with E-state index in [1.807, 2.05) is 35.5 Å². The maximum atomic E-state index is 12.8. The van der Waals surface area contributed by atoms with Gasteiger partial charge in [-0.2, -0.15) is 0 Å². The third-order valence-electron chi connectivity index (χ3n) is 7.78. The highest BCUT2D eigenvalue weighted by molar-refractivity contribution is 5.90. The minimum atomic E-state index is -0.132. The number of carbonyl (C=O) groups is 1. The Kier molecular flexibility index (Phi) is 4.74. The van der Waals surface area contributed by atoms with Crippen LogP contribution in [0.25, 0.3) is 10.9 Å². The predicted octanol–water partition coefficient (Wildman–Crippen LogP) is 2.62. The van der Waals surface area contributed by atoms with Gasteiger partial charge in [0.25, 0.3) is 0 Å². The summed E-state index contributed by atoms with van der Waals surface area (Å²) in [7, 11) is 3.77. The van der Waals surface area contributed by atoms with Crippen molar-refractivity contribution in [2.24, 2.45) is 13.0 Å². The number of carbonyl (C=O) groups excluding carboxylic acids is 1. The lowest BCUT2D eigenvalue weighted by molar-refractivity contribution is -0.142. The third kappa shape index (κ3) is 3.17. The van der Waals surface area contributed by atoms with Crippen molar-refractivity contribution in [1.82, 2.24) is 19.4 Å². The number of rotatable bonds is 5. The summed E-state index contributed by atoms with van der Waals surface area (Å²) in [5.41, 5.74) is 4.60. The van der Waals surface area contributed by atoms with Crippen LogP contribution in [0.5, 0.6) is 5.75 Å². The minimum absolute atomic E-state index is 0.0418. The van der Waals surface area contributed by atoms with E-state index in [0.717, 1.165) is 56.0 Å². The number of aromatic nitrogens is 2. The molecule has 1 saturated heterocycles. The number of fused-ring (bicyclic) bond motifs is 4. The SMILES string of the molecule is COc1ccc2c3c(n(C)c2c1)[C@H](CO)N(Cc1ccncc1)CC31CN(C(=O)C2CC2)C1. The maximum Gasteiger partial charge on any atom is 0.225 e. The van der Waals surface area contributed by atoms with Gasteiger partial charge < -0.3 is 19.3 Å². The third-order valence-corrected chi connectivity index (χ3v) is 7.78. The van der Waals surface area contributed by atoms with Gasteiger partial charge in [-0.25, -0.2) is 0 Å². The van der Waals surface area contributed by atoms with Gasteiger partial charge in [0.1, 0.15) is 5.75 Å².